The second-order valence-electron chi connectivity index (χ2n) is 5.96. The zero-order valence-corrected chi connectivity index (χ0v) is 15.4. The first-order valence-corrected chi connectivity index (χ1v) is 9.39. The summed E-state index contributed by atoms with van der Waals surface area (Å²) < 4.78 is 20.1. The van der Waals surface area contributed by atoms with Crippen LogP contribution < -0.4 is 4.74 Å². The molecule has 0 radical (unpaired) electrons. The van der Waals surface area contributed by atoms with Gasteiger partial charge in [0, 0.05) is 5.56 Å². The summed E-state index contributed by atoms with van der Waals surface area (Å²) >= 11 is -1.30. The number of rotatable bonds is 4. The fourth-order valence-corrected chi connectivity index (χ4v) is 4.15. The van der Waals surface area contributed by atoms with Crippen molar-refractivity contribution in [1.29, 1.82) is 0 Å². The molecule has 1 unspecified atom stereocenters. The molecule has 0 fully saturated rings. The maximum atomic E-state index is 12.9. The van der Waals surface area contributed by atoms with Gasteiger partial charge in [0.2, 0.25) is 0 Å². The van der Waals surface area contributed by atoms with E-state index < -0.39 is 11.4 Å². The largest absolute Gasteiger partial charge is 0.587 e. The van der Waals surface area contributed by atoms with Crippen molar-refractivity contribution in [2.24, 2.45) is 0 Å². The molecule has 0 saturated carbocycles. The first-order valence-electron chi connectivity index (χ1n) is 8.28. The van der Waals surface area contributed by atoms with Crippen molar-refractivity contribution in [3.05, 3.63) is 78.5 Å². The second kappa shape index (κ2) is 6.86. The number of nitrogens with zero attached hydrogens (tertiary/aromatic N) is 2. The first kappa shape index (κ1) is 16.7. The smallest absolute Gasteiger partial charge is 0.180 e. The van der Waals surface area contributed by atoms with Gasteiger partial charge in [0.05, 0.1) is 24.5 Å². The van der Waals surface area contributed by atoms with E-state index in [4.69, 9.17) is 9.72 Å². The molecule has 0 N–H and O–H groups in total. The molecule has 130 valence electrons. The highest BCUT2D eigenvalue weighted by atomic mass is 32.2. The third-order valence-corrected chi connectivity index (χ3v) is 5.66. The number of hydrogen-bond donors (Lipinski definition) is 0. The van der Waals surface area contributed by atoms with Gasteiger partial charge in [-0.05, 0) is 48.9 Å². The lowest BCUT2D eigenvalue weighted by molar-refractivity contribution is 0.416. The number of methoxy groups -OCH3 is 1. The van der Waals surface area contributed by atoms with E-state index in [9.17, 15) is 4.55 Å². The van der Waals surface area contributed by atoms with Gasteiger partial charge in [-0.2, -0.15) is 3.97 Å². The van der Waals surface area contributed by atoms with E-state index >= 15 is 0 Å². The van der Waals surface area contributed by atoms with Crippen molar-refractivity contribution in [3.8, 4) is 17.0 Å². The van der Waals surface area contributed by atoms with Gasteiger partial charge in [-0.1, -0.05) is 30.3 Å². The zero-order chi connectivity index (χ0) is 18.1. The third kappa shape index (κ3) is 2.85. The van der Waals surface area contributed by atoms with Crippen LogP contribution in [0.4, 0.5) is 0 Å². The summed E-state index contributed by atoms with van der Waals surface area (Å²) in [7, 11) is 1.66. The predicted molar refractivity (Wildman–Crippen MR) is 105 cm³/mol. The lowest BCUT2D eigenvalue weighted by Gasteiger charge is -2.13. The molecule has 4 nitrogen and oxygen atoms in total. The quantitative estimate of drug-likeness (QED) is 0.499. The molecule has 2 heterocycles. The number of hydrogen-bond acceptors (Lipinski definition) is 3. The fraction of sp³-hybridized carbons (Fsp3) is 0.0952. The van der Waals surface area contributed by atoms with Crippen molar-refractivity contribution in [2.45, 2.75) is 11.8 Å². The summed E-state index contributed by atoms with van der Waals surface area (Å²) in [6.07, 6.45) is 1.83. The molecule has 0 aliphatic rings. The van der Waals surface area contributed by atoms with Crippen molar-refractivity contribution >= 4 is 22.4 Å². The van der Waals surface area contributed by atoms with Gasteiger partial charge in [-0.25, -0.2) is 4.98 Å². The molecule has 5 heteroatoms. The molecule has 4 rings (SSSR count). The summed E-state index contributed by atoms with van der Waals surface area (Å²) in [6, 6.07) is 21.2. The average Bonchev–Trinajstić information content (AvgIpc) is 3.10. The lowest BCUT2D eigenvalue weighted by atomic mass is 10.1. The Kier molecular flexibility index (Phi) is 4.41. The van der Waals surface area contributed by atoms with Crippen LogP contribution in [0.2, 0.25) is 0 Å². The van der Waals surface area contributed by atoms with Crippen LogP contribution in [0.5, 0.6) is 5.75 Å². The van der Waals surface area contributed by atoms with Gasteiger partial charge in [-0.15, -0.1) is 0 Å². The van der Waals surface area contributed by atoms with E-state index in [0.29, 0.717) is 0 Å². The van der Waals surface area contributed by atoms with E-state index in [0.717, 1.165) is 38.5 Å². The Morgan fingerprint density at radius 3 is 2.50 bits per heavy atom. The van der Waals surface area contributed by atoms with Gasteiger partial charge in [-0.3, -0.25) is 0 Å². The highest BCUT2D eigenvalue weighted by molar-refractivity contribution is 7.90. The average molecular weight is 362 g/mol. The summed E-state index contributed by atoms with van der Waals surface area (Å²) in [5, 5.41) is 0. The molecule has 0 aliphatic heterocycles. The second-order valence-corrected chi connectivity index (χ2v) is 7.33. The van der Waals surface area contributed by atoms with Gasteiger partial charge in [0.1, 0.15) is 22.6 Å². The highest BCUT2D eigenvalue weighted by Crippen LogP contribution is 2.33. The van der Waals surface area contributed by atoms with Gasteiger partial charge < -0.3 is 9.29 Å². The van der Waals surface area contributed by atoms with E-state index in [1.807, 2.05) is 79.9 Å². The Balaban J connectivity index is 1.83. The molecule has 0 amide bonds. The number of aromatic nitrogens is 2. The number of fused-ring (bicyclic) bond motifs is 1. The normalized spacial score (nSPS) is 12.3. The van der Waals surface area contributed by atoms with Crippen molar-refractivity contribution in [3.63, 3.8) is 0 Å². The third-order valence-electron chi connectivity index (χ3n) is 4.31. The molecular formula is C21H18N2O2S. The maximum absolute atomic E-state index is 12.9. The predicted octanol–water partition coefficient (Wildman–Crippen LogP) is 4.59. The molecule has 0 aliphatic carbocycles. The monoisotopic (exact) mass is 362 g/mol. The van der Waals surface area contributed by atoms with E-state index in [1.165, 1.54) is 0 Å². The molecule has 26 heavy (non-hydrogen) atoms. The lowest BCUT2D eigenvalue weighted by Crippen LogP contribution is -2.11. The number of benzene rings is 2. The molecule has 0 saturated heterocycles. The Bertz CT molecular complexity index is 1060. The van der Waals surface area contributed by atoms with Crippen LogP contribution >= 0.6 is 0 Å². The minimum atomic E-state index is -1.30. The van der Waals surface area contributed by atoms with Gasteiger partial charge >= 0.3 is 0 Å². The van der Waals surface area contributed by atoms with Gasteiger partial charge in [0.15, 0.2) is 4.90 Å². The van der Waals surface area contributed by atoms with Gasteiger partial charge in [0.25, 0.3) is 0 Å². The van der Waals surface area contributed by atoms with Crippen LogP contribution in [0, 0.1) is 6.92 Å². The number of aryl methyl sites for hydroxylation is 1. The minimum absolute atomic E-state index is 0.761. The molecule has 0 spiro atoms. The SMILES string of the molecule is COc1ccccc1-c1nc2ccn([S+]([O-])c3ccccc3)c2cc1C. The number of ether oxygens (including phenoxy) is 1. The molecular weight excluding hydrogens is 344 g/mol. The standard InChI is InChI=1S/C21H18N2O2S/c1-15-14-19-18(22-21(15)17-10-6-7-11-20(17)25-2)12-13-23(19)26(24)16-8-4-3-5-9-16/h3-14H,1-2H3. The van der Waals surface area contributed by atoms with E-state index in [2.05, 4.69) is 0 Å². The Morgan fingerprint density at radius 1 is 1.00 bits per heavy atom. The van der Waals surface area contributed by atoms with Crippen molar-refractivity contribution in [1.82, 2.24) is 8.96 Å². The van der Waals surface area contributed by atoms with Crippen molar-refractivity contribution in [2.75, 3.05) is 7.11 Å². The molecule has 2 aromatic carbocycles. The van der Waals surface area contributed by atoms with Crippen molar-refractivity contribution < 1.29 is 9.29 Å². The molecule has 2 aromatic heterocycles. The summed E-state index contributed by atoms with van der Waals surface area (Å²) in [5.74, 6) is 0.787. The Morgan fingerprint density at radius 2 is 1.73 bits per heavy atom. The first-order chi connectivity index (χ1) is 12.7. The highest BCUT2D eigenvalue weighted by Gasteiger charge is 2.19. The summed E-state index contributed by atoms with van der Waals surface area (Å²) in [6.45, 7) is 2.01. The number of para-hydroxylation sites is 1. The van der Waals surface area contributed by atoms with E-state index in [1.54, 1.807) is 11.1 Å². The van der Waals surface area contributed by atoms with Crippen LogP contribution in [0.3, 0.4) is 0 Å². The Hall–Kier alpha value is -2.76. The van der Waals surface area contributed by atoms with Crippen LogP contribution in [-0.2, 0) is 11.4 Å². The minimum Gasteiger partial charge on any atom is -0.587 e. The van der Waals surface area contributed by atoms with Crippen LogP contribution in [0.1, 0.15) is 5.56 Å². The topological polar surface area (TPSA) is 50.1 Å². The van der Waals surface area contributed by atoms with Crippen LogP contribution in [-0.4, -0.2) is 20.6 Å². The fourth-order valence-electron chi connectivity index (χ4n) is 3.04. The maximum Gasteiger partial charge on any atom is 0.180 e. The molecule has 0 bridgehead atoms. The zero-order valence-electron chi connectivity index (χ0n) is 14.5. The number of pyridine rings is 1. The Labute approximate surface area is 155 Å². The van der Waals surface area contributed by atoms with E-state index in [-0.39, 0.29) is 0 Å². The molecule has 4 aromatic rings. The summed E-state index contributed by atoms with van der Waals surface area (Å²) in [5.41, 5.74) is 4.49. The summed E-state index contributed by atoms with van der Waals surface area (Å²) in [4.78, 5) is 5.58. The van der Waals surface area contributed by atoms with Crippen LogP contribution in [0.25, 0.3) is 22.3 Å². The van der Waals surface area contributed by atoms with Crippen LogP contribution in [0.15, 0.2) is 77.8 Å². The molecule has 1 atom stereocenters.